The molecule has 5 nitrogen and oxygen atoms in total. The highest BCUT2D eigenvalue weighted by molar-refractivity contribution is 6.04. The van der Waals surface area contributed by atoms with Crippen LogP contribution in [0, 0.1) is 6.92 Å². The molecular formula is C17H23NO4. The molecule has 1 aromatic carbocycles. The van der Waals surface area contributed by atoms with E-state index in [0.29, 0.717) is 11.5 Å². The number of carbonyl (C=O) groups is 2. The van der Waals surface area contributed by atoms with Crippen LogP contribution in [-0.2, 0) is 9.47 Å². The third-order valence-electron chi connectivity index (χ3n) is 4.17. The standard InChI is InChI=1S/C17H23NO4/c1-4-22-16(19)14-6-5-13(12-7-9-18-10-8-12)11(2)15(14)17(20)21-3/h5-6,12,18H,4,7-10H2,1-3H3. The minimum atomic E-state index is -0.490. The fourth-order valence-electron chi connectivity index (χ4n) is 3.05. The molecule has 2 rings (SSSR count). The van der Waals surface area contributed by atoms with E-state index in [2.05, 4.69) is 5.32 Å². The third kappa shape index (κ3) is 3.30. The first kappa shape index (κ1) is 16.5. The lowest BCUT2D eigenvalue weighted by Gasteiger charge is -2.25. The molecule has 1 aliphatic heterocycles. The molecule has 5 heteroatoms. The van der Waals surface area contributed by atoms with Crippen LogP contribution in [0.2, 0.25) is 0 Å². The summed E-state index contributed by atoms with van der Waals surface area (Å²) in [5, 5.41) is 3.33. The summed E-state index contributed by atoms with van der Waals surface area (Å²) < 4.78 is 9.92. The summed E-state index contributed by atoms with van der Waals surface area (Å²) >= 11 is 0. The lowest BCUT2D eigenvalue weighted by Crippen LogP contribution is -2.27. The van der Waals surface area contributed by atoms with Gasteiger partial charge >= 0.3 is 11.9 Å². The highest BCUT2D eigenvalue weighted by Crippen LogP contribution is 2.31. The van der Waals surface area contributed by atoms with E-state index < -0.39 is 11.9 Å². The number of ether oxygens (including phenoxy) is 2. The van der Waals surface area contributed by atoms with Crippen LogP contribution in [0.5, 0.6) is 0 Å². The smallest absolute Gasteiger partial charge is 0.339 e. The van der Waals surface area contributed by atoms with Crippen molar-refractivity contribution in [3.05, 3.63) is 34.4 Å². The van der Waals surface area contributed by atoms with Crippen LogP contribution in [0.1, 0.15) is 57.5 Å². The van der Waals surface area contributed by atoms with Crippen molar-refractivity contribution in [1.29, 1.82) is 0 Å². The molecule has 0 spiro atoms. The molecule has 1 N–H and O–H groups in total. The molecule has 0 saturated carbocycles. The van der Waals surface area contributed by atoms with Crippen LogP contribution in [-0.4, -0.2) is 38.7 Å². The minimum Gasteiger partial charge on any atom is -0.465 e. The molecule has 0 amide bonds. The monoisotopic (exact) mass is 305 g/mol. The fraction of sp³-hybridized carbons (Fsp3) is 0.529. The number of piperidine rings is 1. The molecule has 1 fully saturated rings. The average Bonchev–Trinajstić information content (AvgIpc) is 2.54. The van der Waals surface area contributed by atoms with Gasteiger partial charge in [0.2, 0.25) is 0 Å². The molecule has 0 aromatic heterocycles. The Bertz CT molecular complexity index is 562. The van der Waals surface area contributed by atoms with E-state index in [-0.39, 0.29) is 12.2 Å². The topological polar surface area (TPSA) is 64.6 Å². The highest BCUT2D eigenvalue weighted by Gasteiger charge is 2.26. The molecule has 1 heterocycles. The van der Waals surface area contributed by atoms with E-state index in [9.17, 15) is 9.59 Å². The Balaban J connectivity index is 2.47. The zero-order valence-corrected chi connectivity index (χ0v) is 13.4. The van der Waals surface area contributed by atoms with Crippen LogP contribution in [0.4, 0.5) is 0 Å². The lowest BCUT2D eigenvalue weighted by atomic mass is 9.84. The number of rotatable bonds is 4. The second-order valence-electron chi connectivity index (χ2n) is 5.44. The van der Waals surface area contributed by atoms with Crippen molar-refractivity contribution < 1.29 is 19.1 Å². The summed E-state index contributed by atoms with van der Waals surface area (Å²) in [6.07, 6.45) is 2.06. The molecule has 0 aliphatic carbocycles. The molecule has 1 aromatic rings. The Hall–Kier alpha value is -1.88. The lowest BCUT2D eigenvalue weighted by molar-refractivity contribution is 0.0503. The fourth-order valence-corrected chi connectivity index (χ4v) is 3.05. The van der Waals surface area contributed by atoms with E-state index in [1.54, 1.807) is 13.0 Å². The molecule has 0 unspecified atom stereocenters. The normalized spacial score (nSPS) is 15.4. The number of nitrogens with one attached hydrogen (secondary N) is 1. The Kier molecular flexibility index (Phi) is 5.55. The summed E-state index contributed by atoms with van der Waals surface area (Å²) in [7, 11) is 1.33. The van der Waals surface area contributed by atoms with Crippen molar-refractivity contribution in [2.45, 2.75) is 32.6 Å². The van der Waals surface area contributed by atoms with E-state index >= 15 is 0 Å². The molecule has 0 bridgehead atoms. The third-order valence-corrected chi connectivity index (χ3v) is 4.17. The maximum atomic E-state index is 12.2. The summed E-state index contributed by atoms with van der Waals surface area (Å²) in [4.78, 5) is 24.2. The Morgan fingerprint density at radius 2 is 1.91 bits per heavy atom. The summed E-state index contributed by atoms with van der Waals surface area (Å²) in [6, 6.07) is 3.64. The molecular weight excluding hydrogens is 282 g/mol. The maximum absolute atomic E-state index is 12.2. The van der Waals surface area contributed by atoms with E-state index in [4.69, 9.17) is 9.47 Å². The number of benzene rings is 1. The largest absolute Gasteiger partial charge is 0.465 e. The van der Waals surface area contributed by atoms with Gasteiger partial charge in [-0.3, -0.25) is 0 Å². The predicted octanol–water partition coefficient (Wildman–Crippen LogP) is 2.43. The number of carbonyl (C=O) groups excluding carboxylic acids is 2. The zero-order valence-electron chi connectivity index (χ0n) is 13.4. The Morgan fingerprint density at radius 3 is 2.50 bits per heavy atom. The molecule has 1 saturated heterocycles. The van der Waals surface area contributed by atoms with Crippen molar-refractivity contribution in [2.24, 2.45) is 0 Å². The van der Waals surface area contributed by atoms with Gasteiger partial charge in [0.15, 0.2) is 0 Å². The first-order valence-corrected chi connectivity index (χ1v) is 7.69. The second-order valence-corrected chi connectivity index (χ2v) is 5.44. The van der Waals surface area contributed by atoms with E-state index in [0.717, 1.165) is 37.1 Å². The van der Waals surface area contributed by atoms with Gasteiger partial charge in [-0.15, -0.1) is 0 Å². The molecule has 0 radical (unpaired) electrons. The molecule has 0 atom stereocenters. The number of hydrogen-bond donors (Lipinski definition) is 1. The van der Waals surface area contributed by atoms with Crippen molar-refractivity contribution in [2.75, 3.05) is 26.8 Å². The van der Waals surface area contributed by atoms with Crippen molar-refractivity contribution in [1.82, 2.24) is 5.32 Å². The highest BCUT2D eigenvalue weighted by atomic mass is 16.5. The summed E-state index contributed by atoms with van der Waals surface area (Å²) in [6.45, 7) is 5.83. The minimum absolute atomic E-state index is 0.272. The van der Waals surface area contributed by atoms with Crippen LogP contribution in [0.3, 0.4) is 0 Å². The van der Waals surface area contributed by atoms with Crippen LogP contribution >= 0.6 is 0 Å². The molecule has 22 heavy (non-hydrogen) atoms. The zero-order chi connectivity index (χ0) is 16.1. The van der Waals surface area contributed by atoms with Gasteiger partial charge in [0.1, 0.15) is 0 Å². The SMILES string of the molecule is CCOC(=O)c1ccc(C2CCNCC2)c(C)c1C(=O)OC. The van der Waals surface area contributed by atoms with Gasteiger partial charge in [-0.05, 0) is 62.9 Å². The van der Waals surface area contributed by atoms with E-state index in [1.165, 1.54) is 7.11 Å². The van der Waals surface area contributed by atoms with Gasteiger partial charge in [-0.25, -0.2) is 9.59 Å². The maximum Gasteiger partial charge on any atom is 0.339 e. The van der Waals surface area contributed by atoms with E-state index in [1.807, 2.05) is 13.0 Å². The van der Waals surface area contributed by atoms with Gasteiger partial charge in [0.05, 0.1) is 24.8 Å². The van der Waals surface area contributed by atoms with Crippen LogP contribution in [0.25, 0.3) is 0 Å². The number of hydrogen-bond acceptors (Lipinski definition) is 5. The van der Waals surface area contributed by atoms with Gasteiger partial charge < -0.3 is 14.8 Å². The van der Waals surface area contributed by atoms with Crippen LogP contribution in [0.15, 0.2) is 12.1 Å². The van der Waals surface area contributed by atoms with Crippen molar-refractivity contribution >= 4 is 11.9 Å². The first-order chi connectivity index (χ1) is 10.6. The first-order valence-electron chi connectivity index (χ1n) is 7.69. The van der Waals surface area contributed by atoms with Crippen LogP contribution < -0.4 is 5.32 Å². The predicted molar refractivity (Wildman–Crippen MR) is 83.3 cm³/mol. The molecule has 120 valence electrons. The van der Waals surface area contributed by atoms with Crippen molar-refractivity contribution in [3.8, 4) is 0 Å². The van der Waals surface area contributed by atoms with Crippen molar-refractivity contribution in [3.63, 3.8) is 0 Å². The van der Waals surface area contributed by atoms with Gasteiger partial charge in [-0.2, -0.15) is 0 Å². The Morgan fingerprint density at radius 1 is 1.23 bits per heavy atom. The summed E-state index contributed by atoms with van der Waals surface area (Å²) in [5.41, 5.74) is 2.56. The summed E-state index contributed by atoms with van der Waals surface area (Å²) in [5.74, 6) is -0.569. The van der Waals surface area contributed by atoms with Gasteiger partial charge in [-0.1, -0.05) is 6.07 Å². The van der Waals surface area contributed by atoms with Gasteiger partial charge in [0, 0.05) is 0 Å². The Labute approximate surface area is 131 Å². The second kappa shape index (κ2) is 7.40. The quantitative estimate of drug-likeness (QED) is 0.866. The molecule has 1 aliphatic rings. The number of methoxy groups -OCH3 is 1. The number of esters is 2. The average molecular weight is 305 g/mol. The van der Waals surface area contributed by atoms with Gasteiger partial charge in [0.25, 0.3) is 0 Å².